The van der Waals surface area contributed by atoms with Gasteiger partial charge in [-0.1, -0.05) is 24.7 Å². The molecule has 1 saturated heterocycles. The fourth-order valence-corrected chi connectivity index (χ4v) is 3.70. The predicted molar refractivity (Wildman–Crippen MR) is 94.4 cm³/mol. The molecule has 2 heterocycles. The van der Waals surface area contributed by atoms with Crippen molar-refractivity contribution in [2.75, 3.05) is 25.5 Å². The lowest BCUT2D eigenvalue weighted by molar-refractivity contribution is -0.128. The van der Waals surface area contributed by atoms with Gasteiger partial charge in [0, 0.05) is 19.5 Å². The van der Waals surface area contributed by atoms with Crippen LogP contribution < -0.4 is 10.1 Å². The second kappa shape index (κ2) is 7.17. The third-order valence-corrected chi connectivity index (χ3v) is 5.13. The van der Waals surface area contributed by atoms with Crippen molar-refractivity contribution in [3.8, 4) is 5.75 Å². The van der Waals surface area contributed by atoms with E-state index in [0.29, 0.717) is 11.7 Å². The first-order chi connectivity index (χ1) is 11.6. The van der Waals surface area contributed by atoms with Crippen molar-refractivity contribution >= 4 is 38.5 Å². The van der Waals surface area contributed by atoms with Crippen molar-refractivity contribution in [3.05, 3.63) is 18.2 Å². The maximum Gasteiger partial charge on any atom is 0.231 e. The van der Waals surface area contributed by atoms with Gasteiger partial charge in [-0.25, -0.2) is 4.98 Å². The van der Waals surface area contributed by atoms with Crippen LogP contribution in [0.1, 0.15) is 26.2 Å². The Labute approximate surface area is 144 Å². The van der Waals surface area contributed by atoms with Crippen molar-refractivity contribution in [2.45, 2.75) is 26.2 Å². The Morgan fingerprint density at radius 1 is 1.50 bits per heavy atom. The van der Waals surface area contributed by atoms with Crippen LogP contribution in [0.3, 0.4) is 0 Å². The molecule has 7 heteroatoms. The van der Waals surface area contributed by atoms with E-state index in [2.05, 4.69) is 17.2 Å². The normalized spacial score (nSPS) is 17.5. The summed E-state index contributed by atoms with van der Waals surface area (Å²) in [5.41, 5.74) is 0.822. The van der Waals surface area contributed by atoms with Gasteiger partial charge in [-0.05, 0) is 24.6 Å². The lowest BCUT2D eigenvalue weighted by Gasteiger charge is -2.15. The van der Waals surface area contributed by atoms with Gasteiger partial charge in [-0.2, -0.15) is 0 Å². The Balaban J connectivity index is 1.65. The molecule has 1 aliphatic rings. The van der Waals surface area contributed by atoms with Gasteiger partial charge in [0.15, 0.2) is 5.13 Å². The van der Waals surface area contributed by atoms with Gasteiger partial charge in [0.2, 0.25) is 11.8 Å². The van der Waals surface area contributed by atoms with E-state index in [1.54, 1.807) is 12.0 Å². The number of hydrogen-bond acceptors (Lipinski definition) is 5. The van der Waals surface area contributed by atoms with Crippen LogP contribution in [-0.2, 0) is 9.59 Å². The number of nitrogens with one attached hydrogen (secondary N) is 1. The summed E-state index contributed by atoms with van der Waals surface area (Å²) >= 11 is 1.41. The molecule has 128 valence electrons. The number of aromatic nitrogens is 1. The predicted octanol–water partition coefficient (Wildman–Crippen LogP) is 2.89. The molecule has 0 radical (unpaired) electrons. The molecule has 1 fully saturated rings. The number of hydrogen-bond donors (Lipinski definition) is 1. The molecule has 2 amide bonds. The summed E-state index contributed by atoms with van der Waals surface area (Å²) in [5.74, 6) is 0.402. The molecule has 24 heavy (non-hydrogen) atoms. The highest BCUT2D eigenvalue weighted by Gasteiger charge is 2.34. The summed E-state index contributed by atoms with van der Waals surface area (Å²) in [6.07, 6.45) is 2.30. The lowest BCUT2D eigenvalue weighted by Crippen LogP contribution is -2.29. The van der Waals surface area contributed by atoms with Crippen LogP contribution in [0.2, 0.25) is 0 Å². The van der Waals surface area contributed by atoms with Crippen LogP contribution in [0.15, 0.2) is 18.2 Å². The quantitative estimate of drug-likeness (QED) is 0.872. The summed E-state index contributed by atoms with van der Waals surface area (Å²) in [6, 6.07) is 5.61. The van der Waals surface area contributed by atoms with Crippen molar-refractivity contribution < 1.29 is 14.3 Å². The van der Waals surface area contributed by atoms with Gasteiger partial charge in [-0.15, -0.1) is 0 Å². The Bertz CT molecular complexity index is 759. The Morgan fingerprint density at radius 3 is 3.08 bits per heavy atom. The van der Waals surface area contributed by atoms with E-state index in [1.807, 2.05) is 18.2 Å². The summed E-state index contributed by atoms with van der Waals surface area (Å²) < 4.78 is 6.15. The van der Waals surface area contributed by atoms with Crippen molar-refractivity contribution in [1.29, 1.82) is 0 Å². The maximum absolute atomic E-state index is 12.4. The van der Waals surface area contributed by atoms with E-state index >= 15 is 0 Å². The van der Waals surface area contributed by atoms with Gasteiger partial charge in [-0.3, -0.25) is 9.59 Å². The van der Waals surface area contributed by atoms with E-state index in [-0.39, 0.29) is 24.2 Å². The number of carbonyl (C=O) groups excluding carboxylic acids is 2. The number of amides is 2. The van der Waals surface area contributed by atoms with Gasteiger partial charge >= 0.3 is 0 Å². The molecule has 1 unspecified atom stereocenters. The standard InChI is InChI=1S/C17H21N3O3S/c1-3-4-7-20-10-11(8-15(20)21)16(22)19-17-18-13-6-5-12(23-2)9-14(13)24-17/h5-6,9,11H,3-4,7-8,10H2,1-2H3,(H,18,19,22). The highest BCUT2D eigenvalue weighted by atomic mass is 32.1. The summed E-state index contributed by atoms with van der Waals surface area (Å²) in [5, 5.41) is 3.41. The minimum absolute atomic E-state index is 0.0673. The van der Waals surface area contributed by atoms with E-state index in [4.69, 9.17) is 4.74 Å². The van der Waals surface area contributed by atoms with Crippen LogP contribution in [0.4, 0.5) is 5.13 Å². The third-order valence-electron chi connectivity index (χ3n) is 4.19. The number of methoxy groups -OCH3 is 1. The fourth-order valence-electron chi connectivity index (χ4n) is 2.81. The number of anilines is 1. The zero-order valence-corrected chi connectivity index (χ0v) is 14.7. The molecule has 1 aromatic heterocycles. The smallest absolute Gasteiger partial charge is 0.231 e. The lowest BCUT2D eigenvalue weighted by atomic mass is 10.1. The maximum atomic E-state index is 12.4. The number of ether oxygens (including phenoxy) is 1. The monoisotopic (exact) mass is 347 g/mol. The molecular formula is C17H21N3O3S. The molecule has 6 nitrogen and oxygen atoms in total. The van der Waals surface area contributed by atoms with Crippen LogP contribution in [0.25, 0.3) is 10.2 Å². The number of carbonyl (C=O) groups is 2. The first kappa shape index (κ1) is 16.7. The van der Waals surface area contributed by atoms with Crippen LogP contribution in [0.5, 0.6) is 5.75 Å². The number of unbranched alkanes of at least 4 members (excludes halogenated alkanes) is 1. The molecule has 3 rings (SSSR count). The molecule has 1 atom stereocenters. The first-order valence-corrected chi connectivity index (χ1v) is 8.95. The van der Waals surface area contributed by atoms with Crippen molar-refractivity contribution in [3.63, 3.8) is 0 Å². The Morgan fingerprint density at radius 2 is 2.33 bits per heavy atom. The van der Waals surface area contributed by atoms with E-state index in [0.717, 1.165) is 35.4 Å². The number of nitrogens with zero attached hydrogens (tertiary/aromatic N) is 2. The molecular weight excluding hydrogens is 326 g/mol. The van der Waals surface area contributed by atoms with Gasteiger partial charge in [0.25, 0.3) is 0 Å². The Hall–Kier alpha value is -2.15. The number of fused-ring (bicyclic) bond motifs is 1. The SMILES string of the molecule is CCCCN1CC(C(=O)Nc2nc3ccc(OC)cc3s2)CC1=O. The highest BCUT2D eigenvalue weighted by Crippen LogP contribution is 2.30. The molecule has 1 aliphatic heterocycles. The number of thiazole rings is 1. The van der Waals surface area contributed by atoms with Crippen molar-refractivity contribution in [1.82, 2.24) is 9.88 Å². The summed E-state index contributed by atoms with van der Waals surface area (Å²) in [4.78, 5) is 30.6. The van der Waals surface area contributed by atoms with Gasteiger partial charge < -0.3 is 15.0 Å². The zero-order chi connectivity index (χ0) is 17.1. The molecule has 2 aromatic rings. The molecule has 1 N–H and O–H groups in total. The van der Waals surface area contributed by atoms with E-state index < -0.39 is 0 Å². The first-order valence-electron chi connectivity index (χ1n) is 8.14. The average molecular weight is 347 g/mol. The second-order valence-electron chi connectivity index (χ2n) is 5.94. The highest BCUT2D eigenvalue weighted by molar-refractivity contribution is 7.22. The summed E-state index contributed by atoms with van der Waals surface area (Å²) in [6.45, 7) is 3.33. The van der Waals surface area contributed by atoms with Crippen LogP contribution in [-0.4, -0.2) is 41.9 Å². The second-order valence-corrected chi connectivity index (χ2v) is 6.97. The number of rotatable bonds is 6. The van der Waals surface area contributed by atoms with E-state index in [9.17, 15) is 9.59 Å². The van der Waals surface area contributed by atoms with Gasteiger partial charge in [0.1, 0.15) is 5.75 Å². The molecule has 0 saturated carbocycles. The molecule has 0 bridgehead atoms. The van der Waals surface area contributed by atoms with Crippen molar-refractivity contribution in [2.24, 2.45) is 5.92 Å². The average Bonchev–Trinajstić information content (AvgIpc) is 3.14. The molecule has 0 aliphatic carbocycles. The topological polar surface area (TPSA) is 71.5 Å². The zero-order valence-electron chi connectivity index (χ0n) is 13.9. The van der Waals surface area contributed by atoms with Gasteiger partial charge in [0.05, 0.1) is 23.2 Å². The van der Waals surface area contributed by atoms with Crippen LogP contribution >= 0.6 is 11.3 Å². The van der Waals surface area contributed by atoms with Crippen LogP contribution in [0, 0.1) is 5.92 Å². The number of likely N-dealkylation sites (tertiary alicyclic amines) is 1. The minimum Gasteiger partial charge on any atom is -0.497 e. The van der Waals surface area contributed by atoms with E-state index in [1.165, 1.54) is 11.3 Å². The Kier molecular flexibility index (Phi) is 4.99. The minimum atomic E-state index is -0.295. The third kappa shape index (κ3) is 3.51. The summed E-state index contributed by atoms with van der Waals surface area (Å²) in [7, 11) is 1.62. The largest absolute Gasteiger partial charge is 0.497 e. The number of benzene rings is 1. The molecule has 1 aromatic carbocycles. The fraction of sp³-hybridized carbons (Fsp3) is 0.471. The molecule has 0 spiro atoms.